The van der Waals surface area contributed by atoms with Crippen LogP contribution >= 0.6 is 22.7 Å². The average Bonchev–Trinajstić information content (AvgIpc) is 3.22. The number of nitrogens with two attached hydrogens (primary N) is 1. The van der Waals surface area contributed by atoms with Crippen molar-refractivity contribution in [2.24, 2.45) is 10.7 Å². The van der Waals surface area contributed by atoms with Crippen molar-refractivity contribution in [1.29, 1.82) is 0 Å². The molecule has 138 valence electrons. The van der Waals surface area contributed by atoms with Gasteiger partial charge in [0.2, 0.25) is 5.91 Å². The Hall–Kier alpha value is -2.71. The fourth-order valence-corrected chi connectivity index (χ4v) is 5.08. The number of fused-ring (bicyclic) bond motifs is 1. The molecular weight excluding hydrogens is 380 g/mol. The van der Waals surface area contributed by atoms with Gasteiger partial charge in [-0.2, -0.15) is 0 Å². The Kier molecular flexibility index (Phi) is 4.24. The van der Waals surface area contributed by atoms with Crippen LogP contribution in [-0.2, 0) is 10.3 Å². The van der Waals surface area contributed by atoms with E-state index in [1.165, 1.54) is 16.2 Å². The van der Waals surface area contributed by atoms with Crippen LogP contribution in [0.1, 0.15) is 28.6 Å². The van der Waals surface area contributed by atoms with Gasteiger partial charge in [0.05, 0.1) is 16.8 Å². The molecule has 1 aliphatic rings. The minimum atomic E-state index is -0.750. The van der Waals surface area contributed by atoms with Crippen molar-refractivity contribution >= 4 is 55.5 Å². The van der Waals surface area contributed by atoms with E-state index in [1.807, 2.05) is 48.7 Å². The maximum absolute atomic E-state index is 12.6. The first-order valence-corrected chi connectivity index (χ1v) is 10.1. The van der Waals surface area contributed by atoms with Gasteiger partial charge < -0.3 is 11.1 Å². The molecule has 3 aromatic rings. The van der Waals surface area contributed by atoms with Crippen molar-refractivity contribution < 1.29 is 9.59 Å². The lowest BCUT2D eigenvalue weighted by Gasteiger charge is -2.33. The zero-order valence-electron chi connectivity index (χ0n) is 14.9. The second-order valence-corrected chi connectivity index (χ2v) is 8.70. The summed E-state index contributed by atoms with van der Waals surface area (Å²) >= 11 is 3.09. The Morgan fingerprint density at radius 2 is 2.11 bits per heavy atom. The Morgan fingerprint density at radius 1 is 1.30 bits per heavy atom. The number of benzene rings is 1. The molecular formula is C19H18N4O2S2. The van der Waals surface area contributed by atoms with Gasteiger partial charge >= 0.3 is 0 Å². The molecule has 6 nitrogen and oxygen atoms in total. The number of anilines is 1. The monoisotopic (exact) mass is 398 g/mol. The summed E-state index contributed by atoms with van der Waals surface area (Å²) in [6.45, 7) is 1.87. The number of guanidine groups is 1. The number of nitrogens with one attached hydrogen (secondary N) is 1. The molecule has 1 aromatic carbocycles. The van der Waals surface area contributed by atoms with E-state index < -0.39 is 5.54 Å². The number of carbonyl (C=O) groups is 2. The van der Waals surface area contributed by atoms with Crippen molar-refractivity contribution in [3.63, 3.8) is 0 Å². The molecule has 27 heavy (non-hydrogen) atoms. The zero-order valence-corrected chi connectivity index (χ0v) is 16.5. The van der Waals surface area contributed by atoms with Crippen LogP contribution in [0, 0.1) is 0 Å². The van der Waals surface area contributed by atoms with E-state index in [4.69, 9.17) is 5.73 Å². The van der Waals surface area contributed by atoms with Crippen LogP contribution in [-0.4, -0.2) is 29.7 Å². The standard InChI is InChI=1S/C19H18N4O2S2/c1-19(10-16(24)23(2)18(20)22-19)11-4-3-5-12(8-11)21-17(25)15-9-14-13(27-15)6-7-26-14/h3-9H,10H2,1-2H3,(H2,20,22)(H,21,25). The number of hydrogen-bond donors (Lipinski definition) is 2. The lowest BCUT2D eigenvalue weighted by atomic mass is 9.87. The van der Waals surface area contributed by atoms with Crippen molar-refractivity contribution in [1.82, 2.24) is 4.90 Å². The van der Waals surface area contributed by atoms with Crippen LogP contribution in [0.4, 0.5) is 5.69 Å². The maximum Gasteiger partial charge on any atom is 0.265 e. The van der Waals surface area contributed by atoms with Gasteiger partial charge in [-0.25, -0.2) is 4.99 Å². The summed E-state index contributed by atoms with van der Waals surface area (Å²) in [5.74, 6) is -0.0342. The summed E-state index contributed by atoms with van der Waals surface area (Å²) in [6, 6.07) is 11.3. The van der Waals surface area contributed by atoms with E-state index in [-0.39, 0.29) is 24.2 Å². The summed E-state index contributed by atoms with van der Waals surface area (Å²) < 4.78 is 2.22. The fraction of sp³-hybridized carbons (Fsp3) is 0.211. The zero-order chi connectivity index (χ0) is 19.2. The first-order valence-electron chi connectivity index (χ1n) is 8.36. The minimum absolute atomic E-state index is 0.0851. The molecule has 0 saturated carbocycles. The number of amides is 2. The molecule has 0 radical (unpaired) electrons. The lowest BCUT2D eigenvalue weighted by molar-refractivity contribution is -0.128. The molecule has 1 unspecified atom stereocenters. The second kappa shape index (κ2) is 6.47. The smallest absolute Gasteiger partial charge is 0.265 e. The Bertz CT molecular complexity index is 1060. The number of thiophene rings is 2. The molecule has 1 atom stereocenters. The van der Waals surface area contributed by atoms with E-state index in [9.17, 15) is 9.59 Å². The van der Waals surface area contributed by atoms with Crippen LogP contribution in [0.2, 0.25) is 0 Å². The first-order chi connectivity index (χ1) is 12.9. The van der Waals surface area contributed by atoms with Gasteiger partial charge in [-0.15, -0.1) is 22.7 Å². The quantitative estimate of drug-likeness (QED) is 0.706. The van der Waals surface area contributed by atoms with E-state index in [2.05, 4.69) is 10.3 Å². The molecule has 8 heteroatoms. The highest BCUT2D eigenvalue weighted by Crippen LogP contribution is 2.34. The van der Waals surface area contributed by atoms with Gasteiger partial charge in [0.1, 0.15) is 0 Å². The molecule has 2 amide bonds. The van der Waals surface area contributed by atoms with E-state index in [0.29, 0.717) is 10.6 Å². The summed E-state index contributed by atoms with van der Waals surface area (Å²) in [7, 11) is 1.61. The molecule has 3 N–H and O–H groups in total. The Morgan fingerprint density at radius 3 is 2.85 bits per heavy atom. The van der Waals surface area contributed by atoms with Crippen molar-refractivity contribution in [2.45, 2.75) is 18.9 Å². The predicted molar refractivity (Wildman–Crippen MR) is 110 cm³/mol. The van der Waals surface area contributed by atoms with Gasteiger partial charge in [0.15, 0.2) is 5.96 Å². The van der Waals surface area contributed by atoms with Crippen LogP contribution in [0.15, 0.2) is 46.8 Å². The average molecular weight is 399 g/mol. The van der Waals surface area contributed by atoms with E-state index >= 15 is 0 Å². The molecule has 1 aliphatic heterocycles. The molecule has 4 rings (SSSR count). The van der Waals surface area contributed by atoms with Gasteiger partial charge in [0, 0.05) is 22.1 Å². The van der Waals surface area contributed by atoms with Crippen LogP contribution in [0.25, 0.3) is 9.40 Å². The SMILES string of the molecule is CN1C(=O)CC(C)(c2cccc(NC(=O)c3cc4sccc4s3)c2)N=C1N. The Balaban J connectivity index is 1.60. The molecule has 0 bridgehead atoms. The Labute approximate surface area is 164 Å². The van der Waals surface area contributed by atoms with Crippen LogP contribution < -0.4 is 11.1 Å². The summed E-state index contributed by atoms with van der Waals surface area (Å²) in [4.78, 5) is 31.3. The lowest BCUT2D eigenvalue weighted by Crippen LogP contribution is -2.47. The van der Waals surface area contributed by atoms with Crippen LogP contribution in [0.3, 0.4) is 0 Å². The summed E-state index contributed by atoms with van der Waals surface area (Å²) in [6.07, 6.45) is 0.225. The van der Waals surface area contributed by atoms with E-state index in [0.717, 1.165) is 15.0 Å². The highest BCUT2D eigenvalue weighted by Gasteiger charge is 2.36. The van der Waals surface area contributed by atoms with Gasteiger partial charge in [-0.05, 0) is 42.1 Å². The number of nitrogens with zero attached hydrogens (tertiary/aromatic N) is 2. The number of hydrogen-bond acceptors (Lipinski definition) is 6. The predicted octanol–water partition coefficient (Wildman–Crippen LogP) is 3.61. The van der Waals surface area contributed by atoms with Gasteiger partial charge in [0.25, 0.3) is 5.91 Å². The normalized spacial score (nSPS) is 20.0. The summed E-state index contributed by atoms with van der Waals surface area (Å²) in [5, 5.41) is 4.95. The third kappa shape index (κ3) is 3.22. The number of carbonyl (C=O) groups excluding carboxylic acids is 2. The van der Waals surface area contributed by atoms with Crippen molar-refractivity contribution in [3.05, 3.63) is 52.2 Å². The molecule has 0 spiro atoms. The second-order valence-electron chi connectivity index (χ2n) is 6.67. The highest BCUT2D eigenvalue weighted by atomic mass is 32.1. The third-order valence-corrected chi connectivity index (χ3v) is 6.77. The highest BCUT2D eigenvalue weighted by molar-refractivity contribution is 7.27. The number of aliphatic imine (C=N–C) groups is 1. The molecule has 2 aromatic heterocycles. The first kappa shape index (κ1) is 17.7. The fourth-order valence-electron chi connectivity index (χ4n) is 3.08. The van der Waals surface area contributed by atoms with Crippen LogP contribution in [0.5, 0.6) is 0 Å². The molecule has 0 saturated heterocycles. The third-order valence-electron chi connectivity index (χ3n) is 4.68. The topological polar surface area (TPSA) is 87.8 Å². The molecule has 0 fully saturated rings. The van der Waals surface area contributed by atoms with Crippen molar-refractivity contribution in [3.8, 4) is 0 Å². The van der Waals surface area contributed by atoms with Crippen molar-refractivity contribution in [2.75, 3.05) is 12.4 Å². The van der Waals surface area contributed by atoms with E-state index in [1.54, 1.807) is 18.4 Å². The maximum atomic E-state index is 12.6. The molecule has 3 heterocycles. The summed E-state index contributed by atoms with van der Waals surface area (Å²) in [5.41, 5.74) is 6.63. The largest absolute Gasteiger partial charge is 0.369 e. The minimum Gasteiger partial charge on any atom is -0.369 e. The molecule has 0 aliphatic carbocycles. The van der Waals surface area contributed by atoms with Gasteiger partial charge in [-0.3, -0.25) is 14.5 Å². The number of rotatable bonds is 3. The van der Waals surface area contributed by atoms with Gasteiger partial charge in [-0.1, -0.05) is 12.1 Å².